The summed E-state index contributed by atoms with van der Waals surface area (Å²) in [4.78, 5) is 2.67. The molecule has 0 aliphatic heterocycles. The fourth-order valence-corrected chi connectivity index (χ4v) is 2.68. The van der Waals surface area contributed by atoms with Crippen molar-refractivity contribution in [1.29, 1.82) is 0 Å². The van der Waals surface area contributed by atoms with Gasteiger partial charge >= 0.3 is 0 Å². The topological polar surface area (TPSA) is 15.3 Å². The molecule has 1 aromatic carbocycles. The predicted molar refractivity (Wildman–Crippen MR) is 82.4 cm³/mol. The smallest absolute Gasteiger partial charge is 0.0446 e. The zero-order chi connectivity index (χ0) is 13.8. The van der Waals surface area contributed by atoms with Crippen molar-refractivity contribution in [3.8, 4) is 0 Å². The zero-order valence-corrected chi connectivity index (χ0v) is 12.8. The van der Waals surface area contributed by atoms with Gasteiger partial charge < -0.3 is 5.32 Å². The molecule has 1 fully saturated rings. The first kappa shape index (κ1) is 14.5. The van der Waals surface area contributed by atoms with E-state index < -0.39 is 0 Å². The minimum atomic E-state index is 0.444. The molecule has 0 spiro atoms. The average molecular weight is 260 g/mol. The van der Waals surface area contributed by atoms with Crippen LogP contribution in [0.5, 0.6) is 0 Å². The Balaban J connectivity index is 2.02. The Hall–Kier alpha value is -0.860. The van der Waals surface area contributed by atoms with Gasteiger partial charge in [-0.25, -0.2) is 0 Å². The van der Waals surface area contributed by atoms with Gasteiger partial charge in [0, 0.05) is 25.2 Å². The SMILES string of the molecule is CNC(CN(CC(C)C)C1CC1)c1ccc(C)cc1. The Morgan fingerprint density at radius 2 is 1.79 bits per heavy atom. The summed E-state index contributed by atoms with van der Waals surface area (Å²) in [6, 6.07) is 10.2. The highest BCUT2D eigenvalue weighted by atomic mass is 15.2. The largest absolute Gasteiger partial charge is 0.312 e. The molecule has 1 aromatic rings. The zero-order valence-electron chi connectivity index (χ0n) is 12.8. The molecule has 2 heteroatoms. The van der Waals surface area contributed by atoms with E-state index >= 15 is 0 Å². The molecule has 0 saturated heterocycles. The van der Waals surface area contributed by atoms with Crippen LogP contribution in [0, 0.1) is 12.8 Å². The van der Waals surface area contributed by atoms with E-state index in [4.69, 9.17) is 0 Å². The number of hydrogen-bond acceptors (Lipinski definition) is 2. The molecule has 1 aliphatic carbocycles. The molecule has 1 saturated carbocycles. The quantitative estimate of drug-likeness (QED) is 0.808. The van der Waals surface area contributed by atoms with Crippen LogP contribution >= 0.6 is 0 Å². The van der Waals surface area contributed by atoms with Gasteiger partial charge in [-0.05, 0) is 38.3 Å². The molecular weight excluding hydrogens is 232 g/mol. The van der Waals surface area contributed by atoms with Crippen molar-refractivity contribution in [3.63, 3.8) is 0 Å². The van der Waals surface area contributed by atoms with E-state index in [1.165, 1.54) is 30.5 Å². The summed E-state index contributed by atoms with van der Waals surface area (Å²) in [7, 11) is 2.07. The van der Waals surface area contributed by atoms with Gasteiger partial charge in [-0.15, -0.1) is 0 Å². The van der Waals surface area contributed by atoms with E-state index in [1.54, 1.807) is 0 Å². The first-order valence-corrected chi connectivity index (χ1v) is 7.58. The minimum absolute atomic E-state index is 0.444. The van der Waals surface area contributed by atoms with Crippen molar-refractivity contribution < 1.29 is 0 Å². The fraction of sp³-hybridized carbons (Fsp3) is 0.647. The number of rotatable bonds is 7. The van der Waals surface area contributed by atoms with Crippen molar-refractivity contribution in [3.05, 3.63) is 35.4 Å². The van der Waals surface area contributed by atoms with E-state index in [9.17, 15) is 0 Å². The lowest BCUT2D eigenvalue weighted by atomic mass is 10.0. The van der Waals surface area contributed by atoms with Crippen LogP contribution in [0.3, 0.4) is 0 Å². The van der Waals surface area contributed by atoms with Gasteiger partial charge in [0.25, 0.3) is 0 Å². The van der Waals surface area contributed by atoms with Crippen LogP contribution in [0.4, 0.5) is 0 Å². The van der Waals surface area contributed by atoms with Crippen molar-refractivity contribution in [2.45, 2.75) is 45.7 Å². The maximum absolute atomic E-state index is 3.48. The van der Waals surface area contributed by atoms with Gasteiger partial charge in [0.15, 0.2) is 0 Å². The first-order valence-electron chi connectivity index (χ1n) is 7.58. The summed E-state index contributed by atoms with van der Waals surface area (Å²) in [6.07, 6.45) is 2.77. The Bertz CT molecular complexity index is 379. The second-order valence-electron chi connectivity index (χ2n) is 6.33. The summed E-state index contributed by atoms with van der Waals surface area (Å²) in [5.41, 5.74) is 2.74. The Morgan fingerprint density at radius 3 is 2.26 bits per heavy atom. The van der Waals surface area contributed by atoms with Gasteiger partial charge in [-0.1, -0.05) is 43.7 Å². The molecule has 1 unspecified atom stereocenters. The van der Waals surface area contributed by atoms with Crippen molar-refractivity contribution >= 4 is 0 Å². The van der Waals surface area contributed by atoms with Crippen LogP contribution in [0.1, 0.15) is 43.9 Å². The maximum Gasteiger partial charge on any atom is 0.0446 e. The number of benzene rings is 1. The molecule has 1 N–H and O–H groups in total. The third-order valence-electron chi connectivity index (χ3n) is 3.91. The molecule has 0 aromatic heterocycles. The van der Waals surface area contributed by atoms with Crippen LogP contribution in [0.15, 0.2) is 24.3 Å². The second kappa shape index (κ2) is 6.53. The Kier molecular flexibility index (Phi) is 5.00. The molecule has 19 heavy (non-hydrogen) atoms. The highest BCUT2D eigenvalue weighted by Crippen LogP contribution is 2.29. The van der Waals surface area contributed by atoms with Gasteiger partial charge in [-0.2, -0.15) is 0 Å². The molecule has 0 amide bonds. The number of nitrogens with one attached hydrogen (secondary N) is 1. The lowest BCUT2D eigenvalue weighted by Gasteiger charge is -2.29. The Morgan fingerprint density at radius 1 is 1.16 bits per heavy atom. The lowest BCUT2D eigenvalue weighted by molar-refractivity contribution is 0.212. The molecule has 1 aliphatic rings. The van der Waals surface area contributed by atoms with Crippen LogP contribution < -0.4 is 5.32 Å². The standard InChI is InChI=1S/C17H28N2/c1-13(2)11-19(16-9-10-16)12-17(18-4)15-7-5-14(3)6-8-15/h5-8,13,16-18H,9-12H2,1-4H3. The third kappa shape index (κ3) is 4.32. The molecule has 2 nitrogen and oxygen atoms in total. The van der Waals surface area contributed by atoms with Gasteiger partial charge in [0.1, 0.15) is 0 Å². The van der Waals surface area contributed by atoms with Gasteiger partial charge in [0.2, 0.25) is 0 Å². The second-order valence-corrected chi connectivity index (χ2v) is 6.33. The van der Waals surface area contributed by atoms with E-state index in [0.717, 1.165) is 18.5 Å². The van der Waals surface area contributed by atoms with Crippen molar-refractivity contribution in [2.75, 3.05) is 20.1 Å². The average Bonchev–Trinajstić information content (AvgIpc) is 3.19. The molecule has 106 valence electrons. The molecule has 0 radical (unpaired) electrons. The predicted octanol–water partition coefficient (Wildman–Crippen LogP) is 3.38. The Labute approximate surface area is 118 Å². The number of aryl methyl sites for hydroxylation is 1. The van der Waals surface area contributed by atoms with Gasteiger partial charge in [0.05, 0.1) is 0 Å². The first-order chi connectivity index (χ1) is 9.10. The number of likely N-dealkylation sites (N-methyl/N-ethyl adjacent to an activating group) is 1. The fourth-order valence-electron chi connectivity index (χ4n) is 2.68. The summed E-state index contributed by atoms with van der Waals surface area (Å²) >= 11 is 0. The minimum Gasteiger partial charge on any atom is -0.312 e. The molecule has 1 atom stereocenters. The maximum atomic E-state index is 3.48. The number of hydrogen-bond donors (Lipinski definition) is 1. The van der Waals surface area contributed by atoms with Crippen LogP contribution in [0.2, 0.25) is 0 Å². The highest BCUT2D eigenvalue weighted by molar-refractivity contribution is 5.24. The summed E-state index contributed by atoms with van der Waals surface area (Å²) < 4.78 is 0. The van der Waals surface area contributed by atoms with Crippen LogP contribution in [-0.2, 0) is 0 Å². The van der Waals surface area contributed by atoms with E-state index in [2.05, 4.69) is 62.3 Å². The molecule has 0 heterocycles. The summed E-state index contributed by atoms with van der Waals surface area (Å²) in [6.45, 7) is 9.12. The number of nitrogens with zero attached hydrogens (tertiary/aromatic N) is 1. The molecule has 0 bridgehead atoms. The van der Waals surface area contributed by atoms with Crippen LogP contribution in [-0.4, -0.2) is 31.1 Å². The summed E-state index contributed by atoms with van der Waals surface area (Å²) in [5, 5.41) is 3.48. The van der Waals surface area contributed by atoms with Crippen molar-refractivity contribution in [1.82, 2.24) is 10.2 Å². The lowest BCUT2D eigenvalue weighted by Crippen LogP contribution is -2.37. The third-order valence-corrected chi connectivity index (χ3v) is 3.91. The van der Waals surface area contributed by atoms with Gasteiger partial charge in [-0.3, -0.25) is 4.90 Å². The highest BCUT2D eigenvalue weighted by Gasteiger charge is 2.30. The van der Waals surface area contributed by atoms with E-state index in [0.29, 0.717) is 6.04 Å². The molecular formula is C17H28N2. The van der Waals surface area contributed by atoms with E-state index in [1.807, 2.05) is 0 Å². The van der Waals surface area contributed by atoms with Crippen molar-refractivity contribution in [2.24, 2.45) is 5.92 Å². The molecule has 2 rings (SSSR count). The normalized spacial score (nSPS) is 17.2. The van der Waals surface area contributed by atoms with Crippen LogP contribution in [0.25, 0.3) is 0 Å². The monoisotopic (exact) mass is 260 g/mol. The summed E-state index contributed by atoms with van der Waals surface area (Å²) in [5.74, 6) is 0.746. The van der Waals surface area contributed by atoms with E-state index in [-0.39, 0.29) is 0 Å².